The van der Waals surface area contributed by atoms with Crippen LogP contribution in [0.2, 0.25) is 0 Å². The van der Waals surface area contributed by atoms with Crippen molar-refractivity contribution in [2.45, 2.75) is 32.2 Å². The third-order valence-electron chi connectivity index (χ3n) is 4.45. The van der Waals surface area contributed by atoms with Crippen molar-refractivity contribution >= 4 is 11.9 Å². The number of carbonyl (C=O) groups is 1. The molecule has 0 aromatic carbocycles. The Kier molecular flexibility index (Phi) is 5.16. The molecule has 0 saturated heterocycles. The standard InChI is InChI=1S/C17H24N6O2/c1-21(2)17-19-14-7-12-22(11-6-13(14)16(25)20-17)15(24)5-3-9-23-10-4-8-18-23/h4,8,10H,3,5-7,9,11-12H2,1-2H3,(H,19,20,25). The predicted molar refractivity (Wildman–Crippen MR) is 94.6 cm³/mol. The molecule has 134 valence electrons. The van der Waals surface area contributed by atoms with Gasteiger partial charge in [-0.3, -0.25) is 19.3 Å². The van der Waals surface area contributed by atoms with E-state index in [0.717, 1.165) is 18.7 Å². The largest absolute Gasteiger partial charge is 0.348 e. The number of carbonyl (C=O) groups excluding carboxylic acids is 1. The molecule has 1 N–H and O–H groups in total. The maximum atomic E-state index is 12.5. The fraction of sp³-hybridized carbons (Fsp3) is 0.529. The van der Waals surface area contributed by atoms with Crippen LogP contribution in [0.1, 0.15) is 24.1 Å². The molecule has 0 fully saturated rings. The first-order valence-electron chi connectivity index (χ1n) is 8.59. The number of aromatic amines is 1. The van der Waals surface area contributed by atoms with Crippen LogP contribution in [-0.2, 0) is 24.2 Å². The second-order valence-corrected chi connectivity index (χ2v) is 6.46. The average Bonchev–Trinajstić information content (AvgIpc) is 2.99. The lowest BCUT2D eigenvalue weighted by molar-refractivity contribution is -0.131. The highest BCUT2D eigenvalue weighted by atomic mass is 16.2. The molecule has 0 aliphatic carbocycles. The summed E-state index contributed by atoms with van der Waals surface area (Å²) < 4.78 is 1.83. The Morgan fingerprint density at radius 2 is 2.12 bits per heavy atom. The summed E-state index contributed by atoms with van der Waals surface area (Å²) in [6.07, 6.45) is 6.05. The molecule has 0 unspecified atom stereocenters. The summed E-state index contributed by atoms with van der Waals surface area (Å²) in [4.78, 5) is 35.7. The van der Waals surface area contributed by atoms with Gasteiger partial charge in [0.15, 0.2) is 0 Å². The number of hydrogen-bond acceptors (Lipinski definition) is 5. The zero-order chi connectivity index (χ0) is 17.8. The Morgan fingerprint density at radius 1 is 1.32 bits per heavy atom. The van der Waals surface area contributed by atoms with Gasteiger partial charge in [-0.15, -0.1) is 0 Å². The SMILES string of the molecule is CN(C)c1nc2c(c(=O)[nH]1)CCN(C(=O)CCCn1cccn1)CC2. The van der Waals surface area contributed by atoms with Gasteiger partial charge in [0.05, 0.1) is 5.69 Å². The van der Waals surface area contributed by atoms with Crippen molar-refractivity contribution in [2.24, 2.45) is 0 Å². The summed E-state index contributed by atoms with van der Waals surface area (Å²) >= 11 is 0. The molecule has 8 nitrogen and oxygen atoms in total. The fourth-order valence-electron chi connectivity index (χ4n) is 3.04. The molecule has 8 heteroatoms. The van der Waals surface area contributed by atoms with Gasteiger partial charge < -0.3 is 9.80 Å². The van der Waals surface area contributed by atoms with Crippen molar-refractivity contribution in [3.63, 3.8) is 0 Å². The average molecular weight is 344 g/mol. The van der Waals surface area contributed by atoms with Crippen LogP contribution in [0.4, 0.5) is 5.95 Å². The van der Waals surface area contributed by atoms with E-state index in [0.29, 0.717) is 43.9 Å². The Balaban J connectivity index is 1.60. The minimum absolute atomic E-state index is 0.0957. The minimum atomic E-state index is -0.0957. The van der Waals surface area contributed by atoms with E-state index in [1.807, 2.05) is 35.9 Å². The number of fused-ring (bicyclic) bond motifs is 1. The number of nitrogens with one attached hydrogen (secondary N) is 1. The third-order valence-corrected chi connectivity index (χ3v) is 4.45. The van der Waals surface area contributed by atoms with Gasteiger partial charge in [0.25, 0.3) is 5.56 Å². The van der Waals surface area contributed by atoms with E-state index in [1.54, 1.807) is 11.1 Å². The van der Waals surface area contributed by atoms with Crippen molar-refractivity contribution in [1.29, 1.82) is 0 Å². The first-order valence-corrected chi connectivity index (χ1v) is 8.59. The van der Waals surface area contributed by atoms with Gasteiger partial charge in [0.1, 0.15) is 0 Å². The molecule has 25 heavy (non-hydrogen) atoms. The minimum Gasteiger partial charge on any atom is -0.348 e. The zero-order valence-corrected chi connectivity index (χ0v) is 14.7. The lowest BCUT2D eigenvalue weighted by Gasteiger charge is -2.20. The molecule has 2 aromatic rings. The summed E-state index contributed by atoms with van der Waals surface area (Å²) in [5.74, 6) is 0.687. The van der Waals surface area contributed by atoms with Gasteiger partial charge in [0, 0.05) is 64.5 Å². The van der Waals surface area contributed by atoms with Crippen LogP contribution >= 0.6 is 0 Å². The Hall–Kier alpha value is -2.64. The van der Waals surface area contributed by atoms with Gasteiger partial charge in [-0.2, -0.15) is 5.10 Å². The van der Waals surface area contributed by atoms with Crippen LogP contribution in [0.3, 0.4) is 0 Å². The van der Waals surface area contributed by atoms with Crippen LogP contribution in [0.25, 0.3) is 0 Å². The first kappa shape index (κ1) is 17.2. The lowest BCUT2D eigenvalue weighted by atomic mass is 10.1. The van der Waals surface area contributed by atoms with Gasteiger partial charge in [-0.05, 0) is 18.9 Å². The lowest BCUT2D eigenvalue weighted by Crippen LogP contribution is -2.33. The molecule has 0 saturated carbocycles. The third kappa shape index (κ3) is 4.07. The Labute approximate surface area is 146 Å². The number of aromatic nitrogens is 4. The molecule has 1 aliphatic heterocycles. The molecule has 0 atom stereocenters. The number of amides is 1. The van der Waals surface area contributed by atoms with Crippen molar-refractivity contribution < 1.29 is 4.79 Å². The number of nitrogens with zero attached hydrogens (tertiary/aromatic N) is 5. The van der Waals surface area contributed by atoms with Gasteiger partial charge in [-0.1, -0.05) is 0 Å². The molecule has 0 radical (unpaired) electrons. The molecule has 0 bridgehead atoms. The van der Waals surface area contributed by atoms with Crippen LogP contribution in [0.15, 0.2) is 23.3 Å². The quantitative estimate of drug-likeness (QED) is 0.850. The normalized spacial score (nSPS) is 14.1. The van der Waals surface area contributed by atoms with Gasteiger partial charge >= 0.3 is 0 Å². The zero-order valence-electron chi connectivity index (χ0n) is 14.7. The summed E-state index contributed by atoms with van der Waals surface area (Å²) in [6.45, 7) is 1.91. The van der Waals surface area contributed by atoms with E-state index in [9.17, 15) is 9.59 Å². The van der Waals surface area contributed by atoms with E-state index in [-0.39, 0.29) is 11.5 Å². The maximum Gasteiger partial charge on any atom is 0.255 e. The molecule has 2 aromatic heterocycles. The molecule has 3 rings (SSSR count). The molecular formula is C17H24N6O2. The number of H-pyrrole nitrogens is 1. The summed E-state index contributed by atoms with van der Waals surface area (Å²) in [5.41, 5.74) is 1.42. The van der Waals surface area contributed by atoms with E-state index >= 15 is 0 Å². The number of anilines is 1. The number of aryl methyl sites for hydroxylation is 1. The van der Waals surface area contributed by atoms with E-state index in [4.69, 9.17) is 0 Å². The van der Waals surface area contributed by atoms with E-state index < -0.39 is 0 Å². The van der Waals surface area contributed by atoms with E-state index in [2.05, 4.69) is 15.1 Å². The van der Waals surface area contributed by atoms with Crippen LogP contribution in [0, 0.1) is 0 Å². The van der Waals surface area contributed by atoms with Crippen molar-refractivity contribution in [1.82, 2.24) is 24.6 Å². The predicted octanol–water partition coefficient (Wildman–Crippen LogP) is 0.440. The highest BCUT2D eigenvalue weighted by molar-refractivity contribution is 5.76. The second kappa shape index (κ2) is 7.50. The van der Waals surface area contributed by atoms with Crippen molar-refractivity contribution in [3.8, 4) is 0 Å². The molecule has 0 spiro atoms. The fourth-order valence-corrected chi connectivity index (χ4v) is 3.04. The van der Waals surface area contributed by atoms with Gasteiger partial charge in [-0.25, -0.2) is 4.98 Å². The molecule has 1 amide bonds. The smallest absolute Gasteiger partial charge is 0.255 e. The highest BCUT2D eigenvalue weighted by Gasteiger charge is 2.21. The summed E-state index contributed by atoms with van der Waals surface area (Å²) in [7, 11) is 3.69. The molecular weight excluding hydrogens is 320 g/mol. The van der Waals surface area contributed by atoms with Crippen molar-refractivity contribution in [3.05, 3.63) is 40.1 Å². The summed E-state index contributed by atoms with van der Waals surface area (Å²) in [6, 6.07) is 1.88. The topological polar surface area (TPSA) is 87.1 Å². The number of rotatable bonds is 5. The van der Waals surface area contributed by atoms with E-state index in [1.165, 1.54) is 0 Å². The highest BCUT2D eigenvalue weighted by Crippen LogP contribution is 2.14. The monoisotopic (exact) mass is 344 g/mol. The van der Waals surface area contributed by atoms with Gasteiger partial charge in [0.2, 0.25) is 11.9 Å². The molecule has 3 heterocycles. The molecule has 1 aliphatic rings. The Morgan fingerprint density at radius 3 is 2.84 bits per heavy atom. The Bertz CT molecular complexity index is 781. The first-order chi connectivity index (χ1) is 12.0. The number of hydrogen-bond donors (Lipinski definition) is 1. The van der Waals surface area contributed by atoms with Crippen LogP contribution in [-0.4, -0.2) is 57.7 Å². The summed E-state index contributed by atoms with van der Waals surface area (Å²) in [5, 5.41) is 4.14. The second-order valence-electron chi connectivity index (χ2n) is 6.46. The van der Waals surface area contributed by atoms with Crippen LogP contribution in [0.5, 0.6) is 0 Å². The van der Waals surface area contributed by atoms with Crippen LogP contribution < -0.4 is 10.5 Å². The maximum absolute atomic E-state index is 12.5. The van der Waals surface area contributed by atoms with Crippen molar-refractivity contribution in [2.75, 3.05) is 32.1 Å².